The molecular weight excluding hydrogens is 366 g/mol. The van der Waals surface area contributed by atoms with Gasteiger partial charge in [-0.1, -0.05) is 49.6 Å². The number of carbonyl (C=O) groups excluding carboxylic acids is 3. The second kappa shape index (κ2) is 8.56. The van der Waals surface area contributed by atoms with Gasteiger partial charge in [-0.15, -0.1) is 0 Å². The summed E-state index contributed by atoms with van der Waals surface area (Å²) in [6, 6.07) is 10.3. The third-order valence-corrected chi connectivity index (χ3v) is 6.81. The molecule has 29 heavy (non-hydrogen) atoms. The summed E-state index contributed by atoms with van der Waals surface area (Å²) in [5, 5.41) is 2.92. The number of hydrogen-bond acceptors (Lipinski definition) is 3. The molecule has 6 heteroatoms. The highest BCUT2D eigenvalue weighted by molar-refractivity contribution is 6.07. The van der Waals surface area contributed by atoms with Crippen molar-refractivity contribution in [2.45, 2.75) is 75.8 Å². The number of carbonyl (C=O) groups is 3. The Kier molecular flexibility index (Phi) is 5.88. The Bertz CT molecular complexity index is 758. The van der Waals surface area contributed by atoms with Gasteiger partial charge < -0.3 is 10.2 Å². The van der Waals surface area contributed by atoms with Gasteiger partial charge in [0.25, 0.3) is 5.91 Å². The van der Waals surface area contributed by atoms with Crippen molar-refractivity contribution in [2.24, 2.45) is 0 Å². The minimum absolute atomic E-state index is 0.0609. The van der Waals surface area contributed by atoms with E-state index in [1.165, 1.54) is 10.5 Å². The van der Waals surface area contributed by atoms with E-state index in [0.717, 1.165) is 64.3 Å². The second-order valence-electron chi connectivity index (χ2n) is 8.69. The second-order valence-corrected chi connectivity index (χ2v) is 8.69. The molecule has 4 amide bonds. The molecule has 1 aliphatic carbocycles. The molecule has 3 fully saturated rings. The lowest BCUT2D eigenvalue weighted by Gasteiger charge is -2.30. The maximum atomic E-state index is 12.9. The first-order chi connectivity index (χ1) is 14.1. The topological polar surface area (TPSA) is 69.7 Å². The van der Waals surface area contributed by atoms with Crippen LogP contribution in [-0.4, -0.2) is 52.3 Å². The minimum atomic E-state index is -0.704. The fraction of sp³-hybridized carbons (Fsp3) is 0.609. The molecule has 1 aromatic carbocycles. The Morgan fingerprint density at radius 3 is 2.59 bits per heavy atom. The molecule has 156 valence electrons. The number of likely N-dealkylation sites (tertiary alicyclic amines) is 1. The van der Waals surface area contributed by atoms with Crippen LogP contribution in [0.25, 0.3) is 0 Å². The van der Waals surface area contributed by atoms with E-state index < -0.39 is 5.54 Å². The van der Waals surface area contributed by atoms with E-state index in [0.29, 0.717) is 0 Å². The van der Waals surface area contributed by atoms with Gasteiger partial charge >= 0.3 is 6.03 Å². The van der Waals surface area contributed by atoms with Crippen molar-refractivity contribution in [1.29, 1.82) is 0 Å². The number of imide groups is 1. The van der Waals surface area contributed by atoms with Gasteiger partial charge in [0, 0.05) is 25.6 Å². The zero-order valence-electron chi connectivity index (χ0n) is 17.1. The average Bonchev–Trinajstić information content (AvgIpc) is 3.30. The molecule has 1 saturated carbocycles. The molecule has 1 spiro atoms. The Morgan fingerprint density at radius 1 is 1.07 bits per heavy atom. The summed E-state index contributed by atoms with van der Waals surface area (Å²) in [7, 11) is 0. The molecule has 2 saturated heterocycles. The summed E-state index contributed by atoms with van der Waals surface area (Å²) in [6.45, 7) is 0.968. The van der Waals surface area contributed by atoms with Gasteiger partial charge in [-0.25, -0.2) is 4.79 Å². The number of urea groups is 1. The largest absolute Gasteiger partial charge is 0.340 e. The predicted molar refractivity (Wildman–Crippen MR) is 110 cm³/mol. The third-order valence-electron chi connectivity index (χ3n) is 6.81. The lowest BCUT2D eigenvalue weighted by Crippen LogP contribution is -2.48. The summed E-state index contributed by atoms with van der Waals surface area (Å²) in [5.74, 6) is -0.0668. The van der Waals surface area contributed by atoms with Gasteiger partial charge in [0.2, 0.25) is 5.91 Å². The molecular formula is C23H31N3O3. The molecule has 2 heterocycles. The molecule has 0 aromatic heterocycles. The minimum Gasteiger partial charge on any atom is -0.340 e. The molecule has 1 atom stereocenters. The maximum Gasteiger partial charge on any atom is 0.325 e. The Morgan fingerprint density at radius 2 is 1.83 bits per heavy atom. The molecule has 4 rings (SSSR count). The third kappa shape index (κ3) is 4.16. The fourth-order valence-corrected chi connectivity index (χ4v) is 5.17. The first-order valence-corrected chi connectivity index (χ1v) is 11.1. The van der Waals surface area contributed by atoms with Crippen molar-refractivity contribution in [3.8, 4) is 0 Å². The fourth-order valence-electron chi connectivity index (χ4n) is 5.17. The molecule has 1 N–H and O–H groups in total. The zero-order valence-corrected chi connectivity index (χ0v) is 17.1. The summed E-state index contributed by atoms with van der Waals surface area (Å²) < 4.78 is 0. The Labute approximate surface area is 172 Å². The van der Waals surface area contributed by atoms with Gasteiger partial charge in [0.05, 0.1) is 0 Å². The van der Waals surface area contributed by atoms with Gasteiger partial charge in [0.1, 0.15) is 5.54 Å². The Balaban J connectivity index is 1.30. The summed E-state index contributed by atoms with van der Waals surface area (Å²) in [6.07, 6.45) is 8.69. The van der Waals surface area contributed by atoms with Crippen LogP contribution in [-0.2, 0) is 16.0 Å². The van der Waals surface area contributed by atoms with Crippen molar-refractivity contribution in [3.63, 3.8) is 0 Å². The molecule has 3 aliphatic rings. The standard InChI is InChI=1S/C23H31N3O3/c27-20(25-16-7-10-19(25)12-11-18-8-3-1-4-9-18)13-17-26-21(28)23(24-22(26)29)14-5-2-6-15-23/h1,3-4,8-9,19H,2,5-7,10-17H2,(H,24,29). The van der Waals surface area contributed by atoms with Crippen molar-refractivity contribution in [2.75, 3.05) is 13.1 Å². The van der Waals surface area contributed by atoms with E-state index in [9.17, 15) is 14.4 Å². The van der Waals surface area contributed by atoms with Crippen LogP contribution >= 0.6 is 0 Å². The van der Waals surface area contributed by atoms with Crippen LogP contribution in [0.1, 0.15) is 63.4 Å². The maximum absolute atomic E-state index is 12.9. The van der Waals surface area contributed by atoms with Crippen LogP contribution < -0.4 is 5.32 Å². The Hall–Kier alpha value is -2.37. The highest BCUT2D eigenvalue weighted by Crippen LogP contribution is 2.33. The highest BCUT2D eigenvalue weighted by Gasteiger charge is 2.51. The van der Waals surface area contributed by atoms with Crippen LogP contribution in [0.4, 0.5) is 4.79 Å². The normalized spacial score (nSPS) is 23.7. The van der Waals surface area contributed by atoms with E-state index in [1.807, 2.05) is 23.1 Å². The van der Waals surface area contributed by atoms with Crippen LogP contribution in [0.15, 0.2) is 30.3 Å². The number of nitrogens with one attached hydrogen (secondary N) is 1. The predicted octanol–water partition coefficient (Wildman–Crippen LogP) is 3.26. The zero-order chi connectivity index (χ0) is 20.3. The SMILES string of the molecule is O=C1NC2(CCCCC2)C(=O)N1CCC(=O)N1CCCC1CCc1ccccc1. The quantitative estimate of drug-likeness (QED) is 0.749. The number of nitrogens with zero attached hydrogens (tertiary/aromatic N) is 2. The number of hydrogen-bond donors (Lipinski definition) is 1. The highest BCUT2D eigenvalue weighted by atomic mass is 16.2. The van der Waals surface area contributed by atoms with Crippen LogP contribution in [0.3, 0.4) is 0 Å². The number of amides is 4. The van der Waals surface area contributed by atoms with Crippen molar-refractivity contribution in [3.05, 3.63) is 35.9 Å². The van der Waals surface area contributed by atoms with E-state index >= 15 is 0 Å². The first-order valence-electron chi connectivity index (χ1n) is 11.1. The van der Waals surface area contributed by atoms with E-state index in [2.05, 4.69) is 17.4 Å². The first kappa shape index (κ1) is 19.9. The molecule has 0 radical (unpaired) electrons. The van der Waals surface area contributed by atoms with Gasteiger partial charge in [-0.05, 0) is 44.1 Å². The van der Waals surface area contributed by atoms with Crippen molar-refractivity contribution in [1.82, 2.24) is 15.1 Å². The molecule has 1 aromatic rings. The van der Waals surface area contributed by atoms with Crippen LogP contribution in [0.5, 0.6) is 0 Å². The van der Waals surface area contributed by atoms with Gasteiger partial charge in [-0.3, -0.25) is 14.5 Å². The van der Waals surface area contributed by atoms with Crippen molar-refractivity contribution >= 4 is 17.8 Å². The van der Waals surface area contributed by atoms with Gasteiger partial charge in [0.15, 0.2) is 0 Å². The smallest absolute Gasteiger partial charge is 0.325 e. The summed E-state index contributed by atoms with van der Waals surface area (Å²) in [5.41, 5.74) is 0.591. The van der Waals surface area contributed by atoms with E-state index in [1.54, 1.807) is 0 Å². The lowest BCUT2D eigenvalue weighted by molar-refractivity contribution is -0.134. The average molecular weight is 398 g/mol. The summed E-state index contributed by atoms with van der Waals surface area (Å²) >= 11 is 0. The van der Waals surface area contributed by atoms with E-state index in [-0.39, 0.29) is 36.9 Å². The monoisotopic (exact) mass is 397 g/mol. The molecule has 2 aliphatic heterocycles. The van der Waals surface area contributed by atoms with E-state index in [4.69, 9.17) is 0 Å². The number of benzene rings is 1. The molecule has 6 nitrogen and oxygen atoms in total. The van der Waals surface area contributed by atoms with Crippen LogP contribution in [0, 0.1) is 0 Å². The van der Waals surface area contributed by atoms with Gasteiger partial charge in [-0.2, -0.15) is 0 Å². The number of aryl methyl sites for hydroxylation is 1. The van der Waals surface area contributed by atoms with Crippen molar-refractivity contribution < 1.29 is 14.4 Å². The molecule has 0 bridgehead atoms. The van der Waals surface area contributed by atoms with Crippen LogP contribution in [0.2, 0.25) is 0 Å². The number of rotatable bonds is 6. The lowest BCUT2D eigenvalue weighted by atomic mass is 9.82. The summed E-state index contributed by atoms with van der Waals surface area (Å²) in [4.78, 5) is 41.4. The molecule has 1 unspecified atom stereocenters.